The van der Waals surface area contributed by atoms with Crippen molar-refractivity contribution in [3.8, 4) is 0 Å². The molecule has 0 saturated carbocycles. The molecular formula is C15H10Cl3NO4. The largest absolute Gasteiger partial charge is 0.478 e. The highest BCUT2D eigenvalue weighted by atomic mass is 35.5. The molecule has 0 fully saturated rings. The summed E-state index contributed by atoms with van der Waals surface area (Å²) in [5, 5.41) is 11.2. The van der Waals surface area contributed by atoms with Crippen molar-refractivity contribution in [2.45, 2.75) is 6.61 Å². The van der Waals surface area contributed by atoms with E-state index in [0.29, 0.717) is 0 Å². The maximum atomic E-state index is 11.8. The van der Waals surface area contributed by atoms with Crippen LogP contribution in [0.1, 0.15) is 15.9 Å². The Morgan fingerprint density at radius 3 is 2.35 bits per heavy atom. The number of nitrogens with one attached hydrogen (secondary N) is 1. The summed E-state index contributed by atoms with van der Waals surface area (Å²) in [5.74, 6) is -1.32. The summed E-state index contributed by atoms with van der Waals surface area (Å²) in [7, 11) is 0. The minimum Gasteiger partial charge on any atom is -0.478 e. The standard InChI is InChI=1S/C15H10Cl3NO4/c16-10-6-9(14(20)21)13(12(18)11(10)17)19-15(22)23-7-8-4-2-1-3-5-8/h1-6H,7H2,(H,19,22)(H,20,21). The second-order valence-corrected chi connectivity index (χ2v) is 5.56. The van der Waals surface area contributed by atoms with Crippen molar-refractivity contribution in [1.82, 2.24) is 0 Å². The van der Waals surface area contributed by atoms with E-state index < -0.39 is 12.1 Å². The van der Waals surface area contributed by atoms with Crippen molar-refractivity contribution in [2.75, 3.05) is 5.32 Å². The van der Waals surface area contributed by atoms with Crippen LogP contribution in [-0.2, 0) is 11.3 Å². The van der Waals surface area contributed by atoms with Crippen LogP contribution in [-0.4, -0.2) is 17.2 Å². The first-order chi connectivity index (χ1) is 10.9. The summed E-state index contributed by atoms with van der Waals surface area (Å²) in [6, 6.07) is 10.1. The molecule has 120 valence electrons. The maximum absolute atomic E-state index is 11.8. The van der Waals surface area contributed by atoms with Gasteiger partial charge in [-0.2, -0.15) is 0 Å². The fourth-order valence-corrected chi connectivity index (χ4v) is 2.40. The van der Waals surface area contributed by atoms with Crippen LogP contribution in [0, 0.1) is 0 Å². The minimum absolute atomic E-state index is 0.0218. The molecule has 0 bridgehead atoms. The fraction of sp³-hybridized carbons (Fsp3) is 0.0667. The molecule has 8 heteroatoms. The Labute approximate surface area is 146 Å². The van der Waals surface area contributed by atoms with E-state index in [0.717, 1.165) is 11.6 Å². The van der Waals surface area contributed by atoms with Crippen LogP contribution in [0.5, 0.6) is 0 Å². The molecule has 2 N–H and O–H groups in total. The molecule has 0 aliphatic carbocycles. The van der Waals surface area contributed by atoms with Crippen LogP contribution < -0.4 is 5.32 Å². The number of carboxylic acid groups (broad SMARTS) is 1. The van der Waals surface area contributed by atoms with Gasteiger partial charge in [0.1, 0.15) is 6.61 Å². The van der Waals surface area contributed by atoms with E-state index in [2.05, 4.69) is 5.32 Å². The van der Waals surface area contributed by atoms with Crippen LogP contribution in [0.2, 0.25) is 15.1 Å². The molecule has 0 atom stereocenters. The number of amides is 1. The van der Waals surface area contributed by atoms with Gasteiger partial charge in [-0.15, -0.1) is 0 Å². The lowest BCUT2D eigenvalue weighted by Crippen LogP contribution is -2.16. The van der Waals surface area contributed by atoms with E-state index >= 15 is 0 Å². The van der Waals surface area contributed by atoms with Gasteiger partial charge < -0.3 is 9.84 Å². The van der Waals surface area contributed by atoms with Gasteiger partial charge >= 0.3 is 12.1 Å². The van der Waals surface area contributed by atoms with Crippen LogP contribution in [0.15, 0.2) is 36.4 Å². The Balaban J connectivity index is 2.17. The monoisotopic (exact) mass is 373 g/mol. The van der Waals surface area contributed by atoms with Crippen LogP contribution in [0.3, 0.4) is 0 Å². The number of carbonyl (C=O) groups is 2. The molecule has 2 aromatic carbocycles. The number of rotatable bonds is 4. The lowest BCUT2D eigenvalue weighted by Gasteiger charge is -2.13. The molecule has 0 aliphatic heterocycles. The van der Waals surface area contributed by atoms with E-state index in [1.165, 1.54) is 0 Å². The Morgan fingerprint density at radius 2 is 1.74 bits per heavy atom. The third kappa shape index (κ3) is 4.28. The number of hydrogen-bond donors (Lipinski definition) is 2. The highest BCUT2D eigenvalue weighted by molar-refractivity contribution is 6.49. The molecule has 0 radical (unpaired) electrons. The third-order valence-corrected chi connectivity index (χ3v) is 4.09. The third-order valence-electron chi connectivity index (χ3n) is 2.83. The molecule has 0 aromatic heterocycles. The van der Waals surface area contributed by atoms with Crippen LogP contribution in [0.4, 0.5) is 10.5 Å². The lowest BCUT2D eigenvalue weighted by atomic mass is 10.2. The van der Waals surface area contributed by atoms with E-state index in [1.54, 1.807) is 24.3 Å². The van der Waals surface area contributed by atoms with Crippen molar-refractivity contribution in [2.24, 2.45) is 0 Å². The van der Waals surface area contributed by atoms with Gasteiger partial charge in [-0.3, -0.25) is 5.32 Å². The van der Waals surface area contributed by atoms with E-state index in [9.17, 15) is 14.7 Å². The second-order valence-electron chi connectivity index (χ2n) is 4.40. The molecular weight excluding hydrogens is 365 g/mol. The number of carboxylic acids is 1. The molecule has 0 spiro atoms. The first-order valence-corrected chi connectivity index (χ1v) is 7.42. The highest BCUT2D eigenvalue weighted by Gasteiger charge is 2.21. The zero-order valence-corrected chi connectivity index (χ0v) is 13.7. The molecule has 0 unspecified atom stereocenters. The van der Waals surface area contributed by atoms with Gasteiger partial charge in [0.25, 0.3) is 0 Å². The fourth-order valence-electron chi connectivity index (χ4n) is 1.75. The predicted octanol–water partition coefficient (Wildman–Crippen LogP) is 5.09. The number of ether oxygens (including phenoxy) is 1. The van der Waals surface area contributed by atoms with Crippen LogP contribution >= 0.6 is 34.8 Å². The minimum atomic E-state index is -1.32. The Kier molecular flexibility index (Phi) is 5.71. The first-order valence-electron chi connectivity index (χ1n) is 6.28. The molecule has 0 saturated heterocycles. The van der Waals surface area contributed by atoms with Crippen LogP contribution in [0.25, 0.3) is 0 Å². The van der Waals surface area contributed by atoms with Gasteiger partial charge in [0.2, 0.25) is 0 Å². The van der Waals surface area contributed by atoms with E-state index in [1.807, 2.05) is 6.07 Å². The number of hydrogen-bond acceptors (Lipinski definition) is 3. The molecule has 1 amide bonds. The summed E-state index contributed by atoms with van der Waals surface area (Å²) in [6.07, 6.45) is -0.864. The molecule has 0 aliphatic rings. The van der Waals surface area contributed by atoms with Gasteiger partial charge in [0.05, 0.1) is 26.3 Å². The van der Waals surface area contributed by atoms with Gasteiger partial charge in [-0.25, -0.2) is 9.59 Å². The van der Waals surface area contributed by atoms with Gasteiger partial charge in [-0.1, -0.05) is 65.1 Å². The molecule has 23 heavy (non-hydrogen) atoms. The van der Waals surface area contributed by atoms with E-state index in [4.69, 9.17) is 39.5 Å². The summed E-state index contributed by atoms with van der Waals surface area (Å²) in [5.41, 5.74) is 0.314. The number of carbonyl (C=O) groups excluding carboxylic acids is 1. The van der Waals surface area contributed by atoms with Crippen molar-refractivity contribution >= 4 is 52.6 Å². The Bertz CT molecular complexity index is 750. The maximum Gasteiger partial charge on any atom is 0.412 e. The van der Waals surface area contributed by atoms with E-state index in [-0.39, 0.29) is 32.9 Å². The zero-order chi connectivity index (χ0) is 17.0. The summed E-state index contributed by atoms with van der Waals surface area (Å²) < 4.78 is 5.01. The summed E-state index contributed by atoms with van der Waals surface area (Å²) in [4.78, 5) is 23.1. The van der Waals surface area contributed by atoms with Crippen molar-refractivity contribution in [1.29, 1.82) is 0 Å². The molecule has 2 aromatic rings. The number of benzene rings is 2. The zero-order valence-electron chi connectivity index (χ0n) is 11.5. The van der Waals surface area contributed by atoms with Crippen molar-refractivity contribution < 1.29 is 19.4 Å². The number of halogens is 3. The summed E-state index contributed by atoms with van der Waals surface area (Å²) in [6.45, 7) is 0.0218. The van der Waals surface area contributed by atoms with Gasteiger partial charge in [0, 0.05) is 0 Å². The van der Waals surface area contributed by atoms with Gasteiger partial charge in [-0.05, 0) is 11.6 Å². The van der Waals surface area contributed by atoms with Gasteiger partial charge in [0.15, 0.2) is 0 Å². The number of aromatic carboxylic acids is 1. The Hall–Kier alpha value is -1.95. The molecule has 5 nitrogen and oxygen atoms in total. The quantitative estimate of drug-likeness (QED) is 0.731. The smallest absolute Gasteiger partial charge is 0.412 e. The van der Waals surface area contributed by atoms with Crippen molar-refractivity contribution in [3.63, 3.8) is 0 Å². The Morgan fingerprint density at radius 1 is 1.09 bits per heavy atom. The molecule has 2 rings (SSSR count). The lowest BCUT2D eigenvalue weighted by molar-refractivity contribution is 0.0698. The second kappa shape index (κ2) is 7.55. The van der Waals surface area contributed by atoms with Crippen molar-refractivity contribution in [3.05, 3.63) is 62.6 Å². The molecule has 0 heterocycles. The topological polar surface area (TPSA) is 75.6 Å². The predicted molar refractivity (Wildman–Crippen MR) is 88.7 cm³/mol. The SMILES string of the molecule is O=C(Nc1c(C(=O)O)cc(Cl)c(Cl)c1Cl)OCc1ccccc1. The normalized spacial score (nSPS) is 10.2. The average molecular weight is 375 g/mol. The highest BCUT2D eigenvalue weighted by Crippen LogP contribution is 2.38. The summed E-state index contributed by atoms with van der Waals surface area (Å²) >= 11 is 17.6. The number of anilines is 1. The first kappa shape index (κ1) is 17.4. The average Bonchev–Trinajstić information content (AvgIpc) is 2.54.